The van der Waals surface area contributed by atoms with E-state index < -0.39 is 11.9 Å². The summed E-state index contributed by atoms with van der Waals surface area (Å²) in [6.07, 6.45) is 5.12. The van der Waals surface area contributed by atoms with Crippen LogP contribution in [0.1, 0.15) is 66.0 Å². The van der Waals surface area contributed by atoms with Crippen molar-refractivity contribution in [2.45, 2.75) is 45.1 Å². The normalized spacial score (nSPS) is 16.3. The van der Waals surface area contributed by atoms with Crippen LogP contribution in [0.3, 0.4) is 0 Å². The number of carboxylic acid groups (broad SMARTS) is 1. The average Bonchev–Trinajstić information content (AvgIpc) is 2.85. The minimum Gasteiger partial charge on any atom is -0.477 e. The average molecular weight is 266 g/mol. The van der Waals surface area contributed by atoms with Crippen LogP contribution < -0.4 is 0 Å². The minimum absolute atomic E-state index is 0.0648. The third-order valence-corrected chi connectivity index (χ3v) is 3.36. The van der Waals surface area contributed by atoms with Gasteiger partial charge in [-0.2, -0.15) is 5.10 Å². The molecule has 1 aromatic rings. The molecule has 6 nitrogen and oxygen atoms in total. The van der Waals surface area contributed by atoms with Gasteiger partial charge in [0.1, 0.15) is 5.69 Å². The maximum Gasteiger partial charge on any atom is 0.358 e. The van der Waals surface area contributed by atoms with E-state index in [4.69, 9.17) is 4.74 Å². The number of esters is 1. The molecule has 1 fully saturated rings. The summed E-state index contributed by atoms with van der Waals surface area (Å²) in [6.45, 7) is 1.95. The standard InChI is InChI=1S/C13H18N2O4/c1-2-19-13(18)10-8-11(12(16)17)15(14-10)9-6-4-3-5-7-9/h8-9H,2-7H2,1H3,(H,16,17). The molecule has 1 aromatic heterocycles. The summed E-state index contributed by atoms with van der Waals surface area (Å²) >= 11 is 0. The predicted octanol–water partition coefficient (Wildman–Crippen LogP) is 2.26. The molecule has 1 aliphatic carbocycles. The lowest BCUT2D eigenvalue weighted by Crippen LogP contribution is -2.19. The van der Waals surface area contributed by atoms with Crippen LogP contribution in [0.15, 0.2) is 6.07 Å². The molecule has 1 aliphatic rings. The molecule has 0 unspecified atom stereocenters. The molecule has 0 radical (unpaired) electrons. The van der Waals surface area contributed by atoms with E-state index >= 15 is 0 Å². The zero-order chi connectivity index (χ0) is 13.8. The summed E-state index contributed by atoms with van der Waals surface area (Å²) in [4.78, 5) is 22.9. The Kier molecular flexibility index (Phi) is 4.19. The van der Waals surface area contributed by atoms with Gasteiger partial charge in [0.15, 0.2) is 5.69 Å². The van der Waals surface area contributed by atoms with E-state index in [9.17, 15) is 14.7 Å². The summed E-state index contributed by atoms with van der Waals surface area (Å²) in [7, 11) is 0. The summed E-state index contributed by atoms with van der Waals surface area (Å²) in [5.74, 6) is -1.63. The van der Waals surface area contributed by atoms with Crippen molar-refractivity contribution < 1.29 is 19.4 Å². The van der Waals surface area contributed by atoms with Gasteiger partial charge in [-0.3, -0.25) is 4.68 Å². The van der Waals surface area contributed by atoms with Crippen molar-refractivity contribution in [1.82, 2.24) is 9.78 Å². The van der Waals surface area contributed by atoms with Crippen LogP contribution in [0, 0.1) is 0 Å². The van der Waals surface area contributed by atoms with Gasteiger partial charge in [-0.1, -0.05) is 19.3 Å². The number of rotatable bonds is 4. The number of carbonyl (C=O) groups is 2. The number of carboxylic acids is 1. The highest BCUT2D eigenvalue weighted by Gasteiger charge is 2.25. The largest absolute Gasteiger partial charge is 0.477 e. The molecule has 19 heavy (non-hydrogen) atoms. The zero-order valence-corrected chi connectivity index (χ0v) is 11.0. The van der Waals surface area contributed by atoms with Crippen LogP contribution in [0.5, 0.6) is 0 Å². The van der Waals surface area contributed by atoms with Crippen molar-refractivity contribution in [3.63, 3.8) is 0 Å². The topological polar surface area (TPSA) is 81.4 Å². The van der Waals surface area contributed by atoms with Crippen LogP contribution in [0.25, 0.3) is 0 Å². The second kappa shape index (κ2) is 5.86. The van der Waals surface area contributed by atoms with Crippen LogP contribution in [0.4, 0.5) is 0 Å². The molecule has 104 valence electrons. The van der Waals surface area contributed by atoms with E-state index in [-0.39, 0.29) is 24.0 Å². The molecule has 6 heteroatoms. The smallest absolute Gasteiger partial charge is 0.358 e. The Bertz CT molecular complexity index is 475. The van der Waals surface area contributed by atoms with Crippen molar-refractivity contribution in [3.8, 4) is 0 Å². The van der Waals surface area contributed by atoms with E-state index in [1.165, 1.54) is 17.2 Å². The van der Waals surface area contributed by atoms with E-state index in [1.54, 1.807) is 6.92 Å². The van der Waals surface area contributed by atoms with Gasteiger partial charge in [0.05, 0.1) is 12.6 Å². The fourth-order valence-corrected chi connectivity index (χ4v) is 2.46. The van der Waals surface area contributed by atoms with Gasteiger partial charge in [-0.25, -0.2) is 9.59 Å². The van der Waals surface area contributed by atoms with Gasteiger partial charge in [-0.05, 0) is 19.8 Å². The van der Waals surface area contributed by atoms with Crippen LogP contribution in [-0.2, 0) is 4.74 Å². The Balaban J connectivity index is 2.29. The number of aromatic nitrogens is 2. The second-order valence-electron chi connectivity index (χ2n) is 4.68. The van der Waals surface area contributed by atoms with Crippen molar-refractivity contribution in [2.24, 2.45) is 0 Å². The molecule has 2 rings (SSSR count). The molecule has 1 N–H and O–H groups in total. The third-order valence-electron chi connectivity index (χ3n) is 3.36. The lowest BCUT2D eigenvalue weighted by molar-refractivity contribution is 0.0517. The summed E-state index contributed by atoms with van der Waals surface area (Å²) in [5.41, 5.74) is 0.139. The van der Waals surface area contributed by atoms with Crippen molar-refractivity contribution in [2.75, 3.05) is 6.61 Å². The number of aromatic carboxylic acids is 1. The number of ether oxygens (including phenoxy) is 1. The second-order valence-corrected chi connectivity index (χ2v) is 4.68. The summed E-state index contributed by atoms with van der Waals surface area (Å²) < 4.78 is 6.34. The molecule has 0 aromatic carbocycles. The van der Waals surface area contributed by atoms with Crippen LogP contribution in [0.2, 0.25) is 0 Å². The molecule has 0 saturated heterocycles. The number of nitrogens with zero attached hydrogens (tertiary/aromatic N) is 2. The highest BCUT2D eigenvalue weighted by molar-refractivity contribution is 5.92. The first-order chi connectivity index (χ1) is 9.13. The molecule has 0 bridgehead atoms. The molecule has 0 atom stereocenters. The highest BCUT2D eigenvalue weighted by Crippen LogP contribution is 2.29. The zero-order valence-electron chi connectivity index (χ0n) is 11.0. The van der Waals surface area contributed by atoms with E-state index in [1.807, 2.05) is 0 Å². The maximum absolute atomic E-state index is 11.6. The van der Waals surface area contributed by atoms with Crippen molar-refractivity contribution >= 4 is 11.9 Å². The van der Waals surface area contributed by atoms with Gasteiger partial charge in [0.2, 0.25) is 0 Å². The van der Waals surface area contributed by atoms with E-state index in [0.29, 0.717) is 0 Å². The summed E-state index contributed by atoms with van der Waals surface area (Å²) in [6, 6.07) is 1.37. The van der Waals surface area contributed by atoms with E-state index in [0.717, 1.165) is 25.7 Å². The van der Waals surface area contributed by atoms with Crippen molar-refractivity contribution in [1.29, 1.82) is 0 Å². The lowest BCUT2D eigenvalue weighted by Gasteiger charge is -2.22. The molecule has 1 saturated carbocycles. The quantitative estimate of drug-likeness (QED) is 0.845. The molecule has 0 aliphatic heterocycles. The van der Waals surface area contributed by atoms with Gasteiger partial charge in [0, 0.05) is 6.07 Å². The minimum atomic E-state index is -1.06. The predicted molar refractivity (Wildman–Crippen MR) is 67.3 cm³/mol. The number of carbonyl (C=O) groups excluding carboxylic acids is 1. The molecular weight excluding hydrogens is 248 g/mol. The third kappa shape index (κ3) is 2.94. The fraction of sp³-hybridized carbons (Fsp3) is 0.615. The monoisotopic (exact) mass is 266 g/mol. The Hall–Kier alpha value is -1.85. The van der Waals surface area contributed by atoms with Gasteiger partial charge in [0.25, 0.3) is 0 Å². The van der Waals surface area contributed by atoms with Gasteiger partial charge < -0.3 is 9.84 Å². The molecular formula is C13H18N2O4. The fourth-order valence-electron chi connectivity index (χ4n) is 2.46. The van der Waals surface area contributed by atoms with Gasteiger partial charge >= 0.3 is 11.9 Å². The molecule has 0 amide bonds. The Morgan fingerprint density at radius 3 is 2.68 bits per heavy atom. The SMILES string of the molecule is CCOC(=O)c1cc(C(=O)O)n(C2CCCCC2)n1. The number of hydrogen-bond acceptors (Lipinski definition) is 4. The Morgan fingerprint density at radius 1 is 1.42 bits per heavy atom. The molecule has 1 heterocycles. The number of hydrogen-bond donors (Lipinski definition) is 1. The molecule has 0 spiro atoms. The van der Waals surface area contributed by atoms with Crippen molar-refractivity contribution in [3.05, 3.63) is 17.5 Å². The van der Waals surface area contributed by atoms with Gasteiger partial charge in [-0.15, -0.1) is 0 Å². The van der Waals surface area contributed by atoms with E-state index in [2.05, 4.69) is 5.10 Å². The first-order valence-electron chi connectivity index (χ1n) is 6.63. The maximum atomic E-state index is 11.6. The Morgan fingerprint density at radius 2 is 2.11 bits per heavy atom. The van der Waals surface area contributed by atoms with Crippen LogP contribution in [-0.4, -0.2) is 33.4 Å². The lowest BCUT2D eigenvalue weighted by atomic mass is 9.95. The summed E-state index contributed by atoms with van der Waals surface area (Å²) in [5, 5.41) is 13.3. The first kappa shape index (κ1) is 13.6. The first-order valence-corrected chi connectivity index (χ1v) is 6.63. The highest BCUT2D eigenvalue weighted by atomic mass is 16.5. The van der Waals surface area contributed by atoms with Crippen LogP contribution >= 0.6 is 0 Å². The Labute approximate surface area is 111 Å².